The van der Waals surface area contributed by atoms with Crippen LogP contribution in [0.4, 0.5) is 9.52 Å². The molecule has 1 aliphatic heterocycles. The van der Waals surface area contributed by atoms with Gasteiger partial charge in [-0.25, -0.2) is 9.37 Å². The fourth-order valence-corrected chi connectivity index (χ4v) is 4.84. The van der Waals surface area contributed by atoms with Crippen molar-refractivity contribution in [2.75, 3.05) is 11.5 Å². The van der Waals surface area contributed by atoms with E-state index in [2.05, 4.69) is 11.6 Å². The number of aryl methyl sites for hydroxylation is 1. The van der Waals surface area contributed by atoms with Crippen LogP contribution in [0.15, 0.2) is 66.8 Å². The van der Waals surface area contributed by atoms with Crippen molar-refractivity contribution in [3.05, 3.63) is 94.3 Å². The Balaban J connectivity index is 1.93. The van der Waals surface area contributed by atoms with Crippen molar-refractivity contribution in [2.45, 2.75) is 19.9 Å². The van der Waals surface area contributed by atoms with Crippen LogP contribution < -0.4 is 9.64 Å². The lowest BCUT2D eigenvalue weighted by Gasteiger charge is -2.23. The van der Waals surface area contributed by atoms with Crippen molar-refractivity contribution in [3.8, 4) is 5.75 Å². The molecule has 2 heterocycles. The number of aromatic nitrogens is 1. The molecule has 1 fully saturated rings. The molecule has 2 aromatic carbocycles. The van der Waals surface area contributed by atoms with E-state index in [9.17, 15) is 23.9 Å². The van der Waals surface area contributed by atoms with Gasteiger partial charge < -0.3 is 9.84 Å². The van der Waals surface area contributed by atoms with Crippen molar-refractivity contribution >= 4 is 39.7 Å². The van der Waals surface area contributed by atoms with Crippen LogP contribution in [0.3, 0.4) is 0 Å². The van der Waals surface area contributed by atoms with Crippen LogP contribution in [0.1, 0.15) is 39.5 Å². The summed E-state index contributed by atoms with van der Waals surface area (Å²) in [7, 11) is 0. The average Bonchev–Trinajstić information content (AvgIpc) is 3.35. The predicted octanol–water partition coefficient (Wildman–Crippen LogP) is 4.98. The number of Topliss-reactive ketones (excluding diaryl/α,β-unsaturated/α-hetero) is 2. The number of anilines is 1. The minimum Gasteiger partial charge on any atom is -0.507 e. The second kappa shape index (κ2) is 9.63. The van der Waals surface area contributed by atoms with E-state index in [-0.39, 0.29) is 28.7 Å². The number of aliphatic hydroxyl groups excluding tert-OH is 1. The largest absolute Gasteiger partial charge is 0.507 e. The van der Waals surface area contributed by atoms with Crippen LogP contribution in [0.25, 0.3) is 5.76 Å². The van der Waals surface area contributed by atoms with Crippen molar-refractivity contribution in [2.24, 2.45) is 0 Å². The quantitative estimate of drug-likeness (QED) is 0.164. The van der Waals surface area contributed by atoms with Gasteiger partial charge in [0.25, 0.3) is 5.78 Å². The number of halogens is 1. The summed E-state index contributed by atoms with van der Waals surface area (Å²) in [5.41, 5.74) is 0.902. The molecular weight excluding hydrogens is 471 g/mol. The Morgan fingerprint density at radius 1 is 1.26 bits per heavy atom. The molecule has 0 radical (unpaired) electrons. The molecule has 1 N–H and O–H groups in total. The minimum atomic E-state index is -1.06. The van der Waals surface area contributed by atoms with Crippen LogP contribution in [0, 0.1) is 12.7 Å². The SMILES string of the molecule is C=CCOc1cccc(C2/C(=C(\O)c3ccc(F)cc3)C(=O)C(=O)N2c2nc(C)c(C(C)=O)s2)c1. The van der Waals surface area contributed by atoms with Crippen LogP contribution >= 0.6 is 11.3 Å². The molecule has 0 aliphatic carbocycles. The number of ether oxygens (including phenoxy) is 1. The summed E-state index contributed by atoms with van der Waals surface area (Å²) in [6, 6.07) is 10.6. The van der Waals surface area contributed by atoms with Gasteiger partial charge in [0.2, 0.25) is 0 Å². The Hall–Kier alpha value is -4.11. The molecule has 1 unspecified atom stereocenters. The van der Waals surface area contributed by atoms with Crippen LogP contribution in [0.2, 0.25) is 0 Å². The molecule has 178 valence electrons. The summed E-state index contributed by atoms with van der Waals surface area (Å²) in [6.45, 7) is 6.90. The summed E-state index contributed by atoms with van der Waals surface area (Å²) in [4.78, 5) is 44.4. The zero-order valence-electron chi connectivity index (χ0n) is 18.9. The Morgan fingerprint density at radius 3 is 2.60 bits per heavy atom. The van der Waals surface area contributed by atoms with Gasteiger partial charge in [-0.05, 0) is 48.9 Å². The highest BCUT2D eigenvalue weighted by atomic mass is 32.1. The summed E-state index contributed by atoms with van der Waals surface area (Å²) in [6.07, 6.45) is 1.58. The zero-order valence-corrected chi connectivity index (χ0v) is 19.8. The monoisotopic (exact) mass is 492 g/mol. The first-order chi connectivity index (χ1) is 16.7. The molecule has 0 saturated carbocycles. The number of nitrogens with zero attached hydrogens (tertiary/aromatic N) is 2. The van der Waals surface area contributed by atoms with E-state index in [1.54, 1.807) is 37.3 Å². The van der Waals surface area contributed by atoms with Crippen molar-refractivity contribution < 1.29 is 28.6 Å². The molecule has 9 heteroatoms. The molecule has 3 aromatic rings. The molecule has 35 heavy (non-hydrogen) atoms. The van der Waals surface area contributed by atoms with E-state index in [1.165, 1.54) is 24.0 Å². The highest BCUT2D eigenvalue weighted by Crippen LogP contribution is 2.44. The third-order valence-corrected chi connectivity index (χ3v) is 6.67. The van der Waals surface area contributed by atoms with Crippen molar-refractivity contribution in [1.29, 1.82) is 0 Å². The molecule has 0 spiro atoms. The summed E-state index contributed by atoms with van der Waals surface area (Å²) in [5, 5.41) is 11.2. The van der Waals surface area contributed by atoms with Gasteiger partial charge in [0.15, 0.2) is 10.9 Å². The molecule has 1 atom stereocenters. The highest BCUT2D eigenvalue weighted by molar-refractivity contribution is 7.18. The van der Waals surface area contributed by atoms with Gasteiger partial charge in [-0.3, -0.25) is 19.3 Å². The van der Waals surface area contributed by atoms with Gasteiger partial charge in [0.05, 0.1) is 22.2 Å². The maximum Gasteiger partial charge on any atom is 0.301 e. The number of thiazole rings is 1. The van der Waals surface area contributed by atoms with E-state index in [4.69, 9.17) is 4.74 Å². The van der Waals surface area contributed by atoms with Gasteiger partial charge in [-0.2, -0.15) is 0 Å². The number of carbonyl (C=O) groups is 3. The topological polar surface area (TPSA) is 96.8 Å². The van der Waals surface area contributed by atoms with Crippen LogP contribution in [0.5, 0.6) is 5.75 Å². The second-order valence-electron chi connectivity index (χ2n) is 7.82. The van der Waals surface area contributed by atoms with Crippen molar-refractivity contribution in [1.82, 2.24) is 4.98 Å². The molecule has 1 aliphatic rings. The second-order valence-corrected chi connectivity index (χ2v) is 8.79. The number of hydrogen-bond acceptors (Lipinski definition) is 7. The number of hydrogen-bond donors (Lipinski definition) is 1. The molecular formula is C26H21FN2O5S. The Bertz CT molecular complexity index is 1380. The van der Waals surface area contributed by atoms with Gasteiger partial charge in [0, 0.05) is 12.5 Å². The summed E-state index contributed by atoms with van der Waals surface area (Å²) >= 11 is 0.993. The Labute approximate surface area is 204 Å². The van der Waals surface area contributed by atoms with Crippen molar-refractivity contribution in [3.63, 3.8) is 0 Å². The van der Waals surface area contributed by atoms with Gasteiger partial charge in [-0.15, -0.1) is 0 Å². The number of ketones is 2. The Morgan fingerprint density at radius 2 is 1.97 bits per heavy atom. The number of amides is 1. The normalized spacial score (nSPS) is 17.0. The Kier molecular flexibility index (Phi) is 6.61. The lowest BCUT2D eigenvalue weighted by molar-refractivity contribution is -0.132. The smallest absolute Gasteiger partial charge is 0.301 e. The summed E-state index contributed by atoms with van der Waals surface area (Å²) < 4.78 is 19.1. The number of aliphatic hydroxyl groups is 1. The zero-order chi connectivity index (χ0) is 25.3. The molecule has 1 saturated heterocycles. The molecule has 4 rings (SSSR count). The lowest BCUT2D eigenvalue weighted by atomic mass is 9.95. The van der Waals surface area contributed by atoms with Gasteiger partial charge in [-0.1, -0.05) is 36.1 Å². The van der Waals surface area contributed by atoms with E-state index in [0.717, 1.165) is 23.5 Å². The maximum atomic E-state index is 13.5. The number of benzene rings is 2. The van der Waals surface area contributed by atoms with E-state index in [1.807, 2.05) is 0 Å². The van der Waals surface area contributed by atoms with Crippen LogP contribution in [-0.4, -0.2) is 34.2 Å². The fraction of sp³-hybridized carbons (Fsp3) is 0.154. The predicted molar refractivity (Wildman–Crippen MR) is 130 cm³/mol. The molecule has 1 aromatic heterocycles. The summed E-state index contributed by atoms with van der Waals surface area (Å²) in [5.74, 6) is -2.54. The molecule has 1 amide bonds. The lowest BCUT2D eigenvalue weighted by Crippen LogP contribution is -2.29. The third kappa shape index (κ3) is 4.50. The number of carbonyl (C=O) groups excluding carboxylic acids is 3. The standard InChI is InChI=1S/C26H21FN2O5S/c1-4-12-34-19-7-5-6-17(13-19)21-20(22(31)16-8-10-18(27)11-9-16)23(32)25(33)29(21)26-28-14(2)24(35-26)15(3)30/h4-11,13,21,31H,1,12H2,2-3H3/b22-20+. The molecule has 7 nitrogen and oxygen atoms in total. The van der Waals surface area contributed by atoms with E-state index < -0.39 is 29.3 Å². The van der Waals surface area contributed by atoms with Gasteiger partial charge in [0.1, 0.15) is 23.9 Å². The highest BCUT2D eigenvalue weighted by Gasteiger charge is 2.48. The fourth-order valence-electron chi connectivity index (χ4n) is 3.85. The minimum absolute atomic E-state index is 0.148. The van der Waals surface area contributed by atoms with Gasteiger partial charge >= 0.3 is 5.91 Å². The van der Waals surface area contributed by atoms with E-state index in [0.29, 0.717) is 21.9 Å². The first-order valence-electron chi connectivity index (χ1n) is 10.6. The van der Waals surface area contributed by atoms with Crippen LogP contribution in [-0.2, 0) is 9.59 Å². The van der Waals surface area contributed by atoms with E-state index >= 15 is 0 Å². The first kappa shape index (κ1) is 24.0. The molecule has 0 bridgehead atoms. The average molecular weight is 493 g/mol. The maximum absolute atomic E-state index is 13.5. The first-order valence-corrected chi connectivity index (χ1v) is 11.4. The third-order valence-electron chi connectivity index (χ3n) is 5.41. The number of rotatable bonds is 7.